The van der Waals surface area contributed by atoms with Crippen molar-refractivity contribution < 1.29 is 18.0 Å². The zero-order chi connectivity index (χ0) is 27.3. The summed E-state index contributed by atoms with van der Waals surface area (Å²) in [7, 11) is -3.55. The summed E-state index contributed by atoms with van der Waals surface area (Å²) in [5.74, 6) is -0.371. The Morgan fingerprint density at radius 2 is 1.53 bits per heavy atom. The number of nitrogens with one attached hydrogen (secondary N) is 2. The van der Waals surface area contributed by atoms with E-state index in [4.69, 9.17) is 0 Å². The lowest BCUT2D eigenvalue weighted by Crippen LogP contribution is -2.55. The van der Waals surface area contributed by atoms with Crippen molar-refractivity contribution in [3.63, 3.8) is 0 Å². The minimum atomic E-state index is -3.55. The van der Waals surface area contributed by atoms with Gasteiger partial charge >= 0.3 is 0 Å². The first-order valence-corrected chi connectivity index (χ1v) is 15.8. The summed E-state index contributed by atoms with van der Waals surface area (Å²) in [6.07, 6.45) is 5.54. The standard InChI is InChI=1S/C28H38N4O4S2/c1-27(2)18-21-22(26(34)31-14-6-5-7-15-31)25(37-23(21)28(3,4)30-27)29-24(33)19-10-12-20(13-11-19)38(35,36)32-16-8-9-17-32/h10-13,30H,5-9,14-18H2,1-4H3,(H,29,33). The first kappa shape index (κ1) is 27.3. The second kappa shape index (κ2) is 10.0. The summed E-state index contributed by atoms with van der Waals surface area (Å²) >= 11 is 1.46. The van der Waals surface area contributed by atoms with Gasteiger partial charge in [0.25, 0.3) is 11.8 Å². The van der Waals surface area contributed by atoms with Crippen LogP contribution in [0.1, 0.15) is 91.0 Å². The van der Waals surface area contributed by atoms with Crippen molar-refractivity contribution in [3.8, 4) is 0 Å². The number of rotatable bonds is 5. The van der Waals surface area contributed by atoms with Crippen LogP contribution < -0.4 is 10.6 Å². The SMILES string of the molecule is CC1(C)Cc2c(sc(NC(=O)c3ccc(S(=O)(=O)N4CCCC4)cc3)c2C(=O)N2CCCCC2)C(C)(C)N1. The quantitative estimate of drug-likeness (QED) is 0.560. The number of carbonyl (C=O) groups is 2. The Labute approximate surface area is 229 Å². The molecule has 2 saturated heterocycles. The molecule has 8 nitrogen and oxygen atoms in total. The van der Waals surface area contributed by atoms with Gasteiger partial charge in [-0.05, 0) is 96.0 Å². The van der Waals surface area contributed by atoms with E-state index >= 15 is 0 Å². The number of piperidine rings is 1. The van der Waals surface area contributed by atoms with Gasteiger partial charge in [0, 0.05) is 47.7 Å². The van der Waals surface area contributed by atoms with E-state index in [0.29, 0.717) is 35.6 Å². The van der Waals surface area contributed by atoms with Gasteiger partial charge < -0.3 is 15.5 Å². The lowest BCUT2D eigenvalue weighted by Gasteiger charge is -2.42. The smallest absolute Gasteiger partial charge is 0.257 e. The van der Waals surface area contributed by atoms with Crippen LogP contribution >= 0.6 is 11.3 Å². The monoisotopic (exact) mass is 558 g/mol. The van der Waals surface area contributed by atoms with Gasteiger partial charge in [0.2, 0.25) is 10.0 Å². The Kier molecular flexibility index (Phi) is 7.21. The van der Waals surface area contributed by atoms with Gasteiger partial charge in [-0.1, -0.05) is 0 Å². The van der Waals surface area contributed by atoms with Crippen molar-refractivity contribution in [3.05, 3.63) is 45.8 Å². The van der Waals surface area contributed by atoms with Crippen LogP contribution in [0.3, 0.4) is 0 Å². The van der Waals surface area contributed by atoms with Gasteiger partial charge in [0.05, 0.1) is 10.5 Å². The van der Waals surface area contributed by atoms with Gasteiger partial charge in [-0.3, -0.25) is 9.59 Å². The van der Waals surface area contributed by atoms with Crippen LogP contribution in [0, 0.1) is 0 Å². The molecule has 2 amide bonds. The zero-order valence-electron chi connectivity index (χ0n) is 22.7. The van der Waals surface area contributed by atoms with Crippen LogP contribution in [0.25, 0.3) is 0 Å². The molecule has 4 heterocycles. The molecule has 2 fully saturated rings. The molecule has 0 atom stereocenters. The fraction of sp³-hybridized carbons (Fsp3) is 0.571. The maximum atomic E-state index is 13.9. The normalized spacial score (nSPS) is 21.2. The number of benzene rings is 1. The molecule has 2 N–H and O–H groups in total. The molecule has 0 saturated carbocycles. The predicted molar refractivity (Wildman–Crippen MR) is 150 cm³/mol. The van der Waals surface area contributed by atoms with Crippen molar-refractivity contribution >= 4 is 38.2 Å². The van der Waals surface area contributed by atoms with E-state index in [1.54, 1.807) is 12.1 Å². The van der Waals surface area contributed by atoms with E-state index < -0.39 is 10.0 Å². The molecule has 2 aromatic rings. The minimum Gasteiger partial charge on any atom is -0.339 e. The molecule has 38 heavy (non-hydrogen) atoms. The second-order valence-corrected chi connectivity index (χ2v) is 14.8. The molecule has 206 valence electrons. The molecule has 0 radical (unpaired) electrons. The van der Waals surface area contributed by atoms with E-state index in [1.807, 2.05) is 4.90 Å². The Hall–Kier alpha value is -2.27. The molecule has 5 rings (SSSR count). The van der Waals surface area contributed by atoms with Crippen LogP contribution in [-0.4, -0.2) is 61.2 Å². The fourth-order valence-electron chi connectivity index (χ4n) is 6.13. The third-order valence-corrected chi connectivity index (χ3v) is 11.1. The molecule has 1 aromatic heterocycles. The van der Waals surface area contributed by atoms with Gasteiger partial charge in [0.15, 0.2) is 0 Å². The average Bonchev–Trinajstić information content (AvgIpc) is 3.53. The number of hydrogen-bond donors (Lipinski definition) is 2. The number of carbonyl (C=O) groups excluding carboxylic acids is 2. The summed E-state index contributed by atoms with van der Waals surface area (Å²) in [5, 5.41) is 7.28. The lowest BCUT2D eigenvalue weighted by atomic mass is 9.81. The molecular weight excluding hydrogens is 520 g/mol. The van der Waals surface area contributed by atoms with E-state index in [1.165, 1.54) is 27.8 Å². The number of sulfonamides is 1. The summed E-state index contributed by atoms with van der Waals surface area (Å²) in [6, 6.07) is 6.09. The van der Waals surface area contributed by atoms with Gasteiger partial charge in [-0.25, -0.2) is 8.42 Å². The number of nitrogens with zero attached hydrogens (tertiary/aromatic N) is 2. The molecule has 0 bridgehead atoms. The Morgan fingerprint density at radius 1 is 0.921 bits per heavy atom. The maximum Gasteiger partial charge on any atom is 0.257 e. The number of amides is 2. The Bertz CT molecular complexity index is 1330. The summed E-state index contributed by atoms with van der Waals surface area (Å²) in [5.41, 5.74) is 1.42. The molecule has 1 aromatic carbocycles. The number of anilines is 1. The first-order valence-electron chi connectivity index (χ1n) is 13.6. The van der Waals surface area contributed by atoms with Gasteiger partial charge in [-0.2, -0.15) is 4.31 Å². The van der Waals surface area contributed by atoms with Crippen molar-refractivity contribution in [2.75, 3.05) is 31.5 Å². The predicted octanol–water partition coefficient (Wildman–Crippen LogP) is 4.57. The summed E-state index contributed by atoms with van der Waals surface area (Å²) < 4.78 is 27.3. The average molecular weight is 559 g/mol. The van der Waals surface area contributed by atoms with Crippen LogP contribution in [-0.2, 0) is 22.0 Å². The molecule has 10 heteroatoms. The van der Waals surface area contributed by atoms with E-state index in [-0.39, 0.29) is 27.8 Å². The molecule has 3 aliphatic heterocycles. The van der Waals surface area contributed by atoms with Crippen molar-refractivity contribution in [2.45, 2.75) is 82.2 Å². The maximum absolute atomic E-state index is 13.9. The zero-order valence-corrected chi connectivity index (χ0v) is 24.4. The number of thiophene rings is 1. The van der Waals surface area contributed by atoms with Gasteiger partial charge in [-0.15, -0.1) is 11.3 Å². The molecule has 0 unspecified atom stereocenters. The summed E-state index contributed by atoms with van der Waals surface area (Å²) in [4.78, 5) is 30.4. The second-order valence-electron chi connectivity index (χ2n) is 11.9. The molecule has 3 aliphatic rings. The molecule has 0 aliphatic carbocycles. The first-order chi connectivity index (χ1) is 17.9. The number of likely N-dealkylation sites (tertiary alicyclic amines) is 1. The Balaban J connectivity index is 1.46. The topological polar surface area (TPSA) is 98.8 Å². The van der Waals surface area contributed by atoms with Gasteiger partial charge in [0.1, 0.15) is 5.00 Å². The third-order valence-electron chi connectivity index (χ3n) is 7.75. The molecule has 0 spiro atoms. The largest absolute Gasteiger partial charge is 0.339 e. The highest BCUT2D eigenvalue weighted by atomic mass is 32.2. The fourth-order valence-corrected chi connectivity index (χ4v) is 8.91. The van der Waals surface area contributed by atoms with Crippen molar-refractivity contribution in [2.24, 2.45) is 0 Å². The summed E-state index contributed by atoms with van der Waals surface area (Å²) in [6.45, 7) is 11.0. The highest BCUT2D eigenvalue weighted by Gasteiger charge is 2.42. The molecular formula is C28H38N4O4S2. The number of fused-ring (bicyclic) bond motifs is 1. The highest BCUT2D eigenvalue weighted by Crippen LogP contribution is 2.45. The third kappa shape index (κ3) is 5.15. The highest BCUT2D eigenvalue weighted by molar-refractivity contribution is 7.89. The Morgan fingerprint density at radius 3 is 2.16 bits per heavy atom. The lowest BCUT2D eigenvalue weighted by molar-refractivity contribution is 0.0723. The van der Waals surface area contributed by atoms with E-state index in [9.17, 15) is 18.0 Å². The van der Waals surface area contributed by atoms with E-state index in [0.717, 1.165) is 55.6 Å². The van der Waals surface area contributed by atoms with Crippen molar-refractivity contribution in [1.29, 1.82) is 0 Å². The number of hydrogen-bond acceptors (Lipinski definition) is 6. The van der Waals surface area contributed by atoms with E-state index in [2.05, 4.69) is 38.3 Å². The van der Waals surface area contributed by atoms with Crippen LogP contribution in [0.15, 0.2) is 29.2 Å². The van der Waals surface area contributed by atoms with Crippen molar-refractivity contribution in [1.82, 2.24) is 14.5 Å². The van der Waals surface area contributed by atoms with Crippen LogP contribution in [0.4, 0.5) is 5.00 Å². The van der Waals surface area contributed by atoms with Crippen LogP contribution in [0.2, 0.25) is 0 Å². The van der Waals surface area contributed by atoms with Crippen LogP contribution in [0.5, 0.6) is 0 Å². The minimum absolute atomic E-state index is 0.0157.